The average molecular weight is 591 g/mol. The van der Waals surface area contributed by atoms with Crippen LogP contribution in [0.1, 0.15) is 44.6 Å². The zero-order valence-electron chi connectivity index (χ0n) is 24.9. The van der Waals surface area contributed by atoms with Gasteiger partial charge in [-0.1, -0.05) is 66.7 Å². The van der Waals surface area contributed by atoms with Crippen LogP contribution in [0, 0.1) is 11.7 Å². The summed E-state index contributed by atoms with van der Waals surface area (Å²) in [5.41, 5.74) is 6.91. The van der Waals surface area contributed by atoms with Crippen molar-refractivity contribution in [1.82, 2.24) is 20.6 Å². The predicted molar refractivity (Wildman–Crippen MR) is 169 cm³/mol. The maximum absolute atomic E-state index is 14.4. The lowest BCUT2D eigenvalue weighted by molar-refractivity contribution is 0.0600. The molecule has 0 amide bonds. The number of aromatic amines is 1. The molecule has 1 unspecified atom stereocenters. The van der Waals surface area contributed by atoms with Gasteiger partial charge in [-0.2, -0.15) is 5.21 Å². The smallest absolute Gasteiger partial charge is 0.337 e. The zero-order valence-corrected chi connectivity index (χ0v) is 24.9. The Morgan fingerprint density at radius 3 is 2.25 bits per heavy atom. The zero-order chi connectivity index (χ0) is 30.7. The van der Waals surface area contributed by atoms with Gasteiger partial charge < -0.3 is 9.47 Å². The summed E-state index contributed by atoms with van der Waals surface area (Å²) in [7, 11) is 3.04. The maximum atomic E-state index is 14.4. The molecule has 7 nitrogen and oxygen atoms in total. The number of halogens is 1. The lowest BCUT2D eigenvalue weighted by atomic mass is 9.90. The first-order valence-electron chi connectivity index (χ1n) is 14.6. The fourth-order valence-electron chi connectivity index (χ4n) is 5.18. The number of tetrazole rings is 1. The van der Waals surface area contributed by atoms with Gasteiger partial charge in [-0.05, 0) is 107 Å². The fraction of sp³-hybridized carbons (Fsp3) is 0.222. The molecule has 0 spiro atoms. The van der Waals surface area contributed by atoms with Crippen LogP contribution in [0.15, 0.2) is 97.1 Å². The summed E-state index contributed by atoms with van der Waals surface area (Å²) in [6, 6.07) is 28.8. The molecular weight excluding hydrogens is 555 g/mol. The summed E-state index contributed by atoms with van der Waals surface area (Å²) in [5, 5.41) is 14.2. The van der Waals surface area contributed by atoms with Crippen molar-refractivity contribution in [3.63, 3.8) is 0 Å². The number of benzene rings is 4. The van der Waals surface area contributed by atoms with Crippen molar-refractivity contribution >= 4 is 12.0 Å². The summed E-state index contributed by atoms with van der Waals surface area (Å²) in [5.74, 6) is 0.964. The minimum absolute atomic E-state index is 0.184. The van der Waals surface area contributed by atoms with Gasteiger partial charge in [0.15, 0.2) is 0 Å². The summed E-state index contributed by atoms with van der Waals surface area (Å²) >= 11 is 0. The number of H-pyrrole nitrogens is 1. The van der Waals surface area contributed by atoms with Crippen LogP contribution in [0.25, 0.3) is 17.5 Å². The summed E-state index contributed by atoms with van der Waals surface area (Å²) in [6.07, 6.45) is 8.39. The van der Waals surface area contributed by atoms with E-state index in [1.54, 1.807) is 25.3 Å². The monoisotopic (exact) mass is 590 g/mol. The molecule has 8 heteroatoms. The molecule has 224 valence electrons. The second kappa shape index (κ2) is 14.9. The van der Waals surface area contributed by atoms with E-state index in [9.17, 15) is 9.18 Å². The Balaban J connectivity index is 1.33. The van der Waals surface area contributed by atoms with Crippen LogP contribution in [0.3, 0.4) is 0 Å². The lowest BCUT2D eigenvalue weighted by Gasteiger charge is -2.15. The molecule has 0 bridgehead atoms. The Bertz CT molecular complexity index is 1670. The van der Waals surface area contributed by atoms with Crippen molar-refractivity contribution in [1.29, 1.82) is 0 Å². The third-order valence-corrected chi connectivity index (χ3v) is 7.73. The molecule has 5 aromatic rings. The van der Waals surface area contributed by atoms with Crippen molar-refractivity contribution in [2.24, 2.45) is 5.92 Å². The minimum atomic E-state index is -0.348. The molecule has 1 N–H and O–H groups in total. The first kappa shape index (κ1) is 30.4. The molecule has 0 aliphatic carbocycles. The first-order valence-corrected chi connectivity index (χ1v) is 14.6. The summed E-state index contributed by atoms with van der Waals surface area (Å²) in [4.78, 5) is 11.8. The molecule has 4 aromatic carbocycles. The number of carbonyl (C=O) groups is 1. The number of hydrogen-bond acceptors (Lipinski definition) is 6. The van der Waals surface area contributed by atoms with E-state index >= 15 is 0 Å². The number of hydrogen-bond donors (Lipinski definition) is 1. The predicted octanol–water partition coefficient (Wildman–Crippen LogP) is 7.09. The van der Waals surface area contributed by atoms with Gasteiger partial charge in [0.2, 0.25) is 5.82 Å². The highest BCUT2D eigenvalue weighted by atomic mass is 19.1. The van der Waals surface area contributed by atoms with E-state index in [1.807, 2.05) is 42.5 Å². The van der Waals surface area contributed by atoms with E-state index in [2.05, 4.69) is 57.0 Å². The number of aryl methyl sites for hydroxylation is 3. The highest BCUT2D eigenvalue weighted by Crippen LogP contribution is 2.23. The Morgan fingerprint density at radius 1 is 0.864 bits per heavy atom. The number of ether oxygens (including phenoxy) is 2. The van der Waals surface area contributed by atoms with Gasteiger partial charge in [0, 0.05) is 5.56 Å². The van der Waals surface area contributed by atoms with E-state index in [0.29, 0.717) is 11.4 Å². The molecule has 0 radical (unpaired) electrons. The molecule has 0 saturated heterocycles. The standard InChI is InChI=1S/C36H35FN4O3/c1-43-34-21-11-26(12-22-34)5-13-29-19-20-33(37)24-32(29)18-10-27(4-3-25-6-16-31(17-7-25)36(42)44-2)23-28-8-14-30(15-9-28)35-38-40-41-39-35/h6-12,14-22,24,27H,3-5,13,23H2,1-2H3,(H,38,39,40,41). The summed E-state index contributed by atoms with van der Waals surface area (Å²) < 4.78 is 24.5. The Labute approximate surface area is 256 Å². The molecule has 1 atom stereocenters. The van der Waals surface area contributed by atoms with Gasteiger partial charge in [0.25, 0.3) is 0 Å². The molecule has 5 rings (SSSR count). The van der Waals surface area contributed by atoms with Gasteiger partial charge in [-0.3, -0.25) is 0 Å². The van der Waals surface area contributed by atoms with Crippen molar-refractivity contribution < 1.29 is 18.7 Å². The van der Waals surface area contributed by atoms with Gasteiger partial charge in [-0.25, -0.2) is 9.18 Å². The topological polar surface area (TPSA) is 90.0 Å². The van der Waals surface area contributed by atoms with E-state index in [1.165, 1.54) is 24.3 Å². The molecule has 0 aliphatic rings. The van der Waals surface area contributed by atoms with Gasteiger partial charge in [0.1, 0.15) is 11.6 Å². The highest BCUT2D eigenvalue weighted by molar-refractivity contribution is 5.89. The number of aromatic nitrogens is 4. The number of esters is 1. The highest BCUT2D eigenvalue weighted by Gasteiger charge is 2.11. The molecule has 1 aromatic heterocycles. The van der Waals surface area contributed by atoms with Gasteiger partial charge >= 0.3 is 5.97 Å². The van der Waals surface area contributed by atoms with Crippen molar-refractivity contribution in [2.45, 2.75) is 32.1 Å². The van der Waals surface area contributed by atoms with E-state index in [4.69, 9.17) is 9.47 Å². The van der Waals surface area contributed by atoms with E-state index in [0.717, 1.165) is 60.1 Å². The molecular formula is C36H35FN4O3. The Hall–Kier alpha value is -5.11. The largest absolute Gasteiger partial charge is 0.497 e. The second-order valence-corrected chi connectivity index (χ2v) is 10.7. The molecule has 1 heterocycles. The fourth-order valence-corrected chi connectivity index (χ4v) is 5.18. The molecule has 44 heavy (non-hydrogen) atoms. The minimum Gasteiger partial charge on any atom is -0.497 e. The van der Waals surface area contributed by atoms with Gasteiger partial charge in [0.05, 0.1) is 19.8 Å². The number of nitrogens with one attached hydrogen (secondary N) is 1. The number of rotatable bonds is 13. The molecule has 0 saturated carbocycles. The lowest BCUT2D eigenvalue weighted by Crippen LogP contribution is -2.05. The third kappa shape index (κ3) is 8.25. The average Bonchev–Trinajstić information content (AvgIpc) is 3.61. The van der Waals surface area contributed by atoms with Crippen LogP contribution in [0.5, 0.6) is 5.75 Å². The third-order valence-electron chi connectivity index (χ3n) is 7.73. The summed E-state index contributed by atoms with van der Waals surface area (Å²) in [6.45, 7) is 0. The van der Waals surface area contributed by atoms with Crippen molar-refractivity contribution in [2.75, 3.05) is 14.2 Å². The molecule has 0 aliphatic heterocycles. The SMILES string of the molecule is COC(=O)c1ccc(CCC(C=Cc2cc(F)ccc2CCc2ccc(OC)cc2)Cc2ccc(-c3nn[nH]n3)cc2)cc1. The Morgan fingerprint density at radius 2 is 1.57 bits per heavy atom. The van der Waals surface area contributed by atoms with Crippen LogP contribution >= 0.6 is 0 Å². The normalized spacial score (nSPS) is 11.9. The second-order valence-electron chi connectivity index (χ2n) is 10.7. The van der Waals surface area contributed by atoms with Gasteiger partial charge in [-0.15, -0.1) is 10.2 Å². The van der Waals surface area contributed by atoms with Crippen molar-refractivity contribution in [3.8, 4) is 17.1 Å². The maximum Gasteiger partial charge on any atom is 0.337 e. The quantitative estimate of drug-likeness (QED) is 0.147. The van der Waals surface area contributed by atoms with E-state index < -0.39 is 0 Å². The van der Waals surface area contributed by atoms with Crippen LogP contribution in [-0.4, -0.2) is 40.8 Å². The van der Waals surface area contributed by atoms with E-state index in [-0.39, 0.29) is 17.7 Å². The van der Waals surface area contributed by atoms with Crippen LogP contribution in [0.2, 0.25) is 0 Å². The number of carbonyl (C=O) groups excluding carboxylic acids is 1. The number of allylic oxidation sites excluding steroid dienone is 1. The molecule has 0 fully saturated rings. The van der Waals surface area contributed by atoms with Crippen LogP contribution in [-0.2, 0) is 30.4 Å². The number of nitrogens with zero attached hydrogens (tertiary/aromatic N) is 3. The first-order chi connectivity index (χ1) is 21.5. The Kier molecular flexibility index (Phi) is 10.3. The number of methoxy groups -OCH3 is 2. The van der Waals surface area contributed by atoms with Crippen LogP contribution < -0.4 is 4.74 Å². The van der Waals surface area contributed by atoms with Crippen LogP contribution in [0.4, 0.5) is 4.39 Å². The van der Waals surface area contributed by atoms with Crippen molar-refractivity contribution in [3.05, 3.63) is 136 Å².